The minimum atomic E-state index is 1.15. The van der Waals surface area contributed by atoms with Crippen molar-refractivity contribution < 1.29 is 0 Å². The van der Waals surface area contributed by atoms with Crippen LogP contribution in [0.1, 0.15) is 48.5 Å². The van der Waals surface area contributed by atoms with Crippen molar-refractivity contribution in [2.45, 2.75) is 48.5 Å². The molecule has 0 nitrogen and oxygen atoms in total. The predicted octanol–water partition coefficient (Wildman–Crippen LogP) is 6.25. The Morgan fingerprint density at radius 2 is 1.35 bits per heavy atom. The van der Waals surface area contributed by atoms with Crippen LogP contribution in [-0.2, 0) is 0 Å². The van der Waals surface area contributed by atoms with Gasteiger partial charge in [0.15, 0.2) is 0 Å². The standard InChI is InChI=1S/C13H18.2C2H6/c1-6-9-12(5)13(8-3)10-11(4)7-2;2*1-2/h6-10H,2-3H2,1,4-5H3;2*1-2H3/b9-6-,11-10-,13-12+;;. The van der Waals surface area contributed by atoms with Crippen molar-refractivity contribution in [2.75, 3.05) is 0 Å². The monoisotopic (exact) mass is 234 g/mol. The maximum Gasteiger partial charge on any atom is -0.0231 e. The van der Waals surface area contributed by atoms with Gasteiger partial charge in [-0.15, -0.1) is 0 Å². The van der Waals surface area contributed by atoms with Gasteiger partial charge in [0.1, 0.15) is 0 Å². The summed E-state index contributed by atoms with van der Waals surface area (Å²) in [6.07, 6.45) is 9.88. The van der Waals surface area contributed by atoms with Gasteiger partial charge in [-0.3, -0.25) is 0 Å². The molecule has 0 heterocycles. The fraction of sp³-hybridized carbons (Fsp3) is 0.412. The molecule has 0 atom stereocenters. The molecule has 0 heteroatoms. The minimum absolute atomic E-state index is 1.15. The lowest BCUT2D eigenvalue weighted by atomic mass is 10.1. The Kier molecular flexibility index (Phi) is 21.2. The zero-order chi connectivity index (χ0) is 14.3. The zero-order valence-corrected chi connectivity index (χ0v) is 12.8. The molecule has 0 aromatic heterocycles. The highest BCUT2D eigenvalue weighted by Crippen LogP contribution is 2.11. The molecule has 17 heavy (non-hydrogen) atoms. The highest BCUT2D eigenvalue weighted by Gasteiger charge is 1.91. The number of hydrogen-bond donors (Lipinski definition) is 0. The molecule has 0 spiro atoms. The summed E-state index contributed by atoms with van der Waals surface area (Å²) in [6.45, 7) is 21.6. The van der Waals surface area contributed by atoms with Crippen molar-refractivity contribution in [3.05, 3.63) is 60.3 Å². The van der Waals surface area contributed by atoms with Crippen LogP contribution in [0.2, 0.25) is 0 Å². The maximum absolute atomic E-state index is 3.78. The first kappa shape index (κ1) is 21.0. The van der Waals surface area contributed by atoms with Gasteiger partial charge in [0.05, 0.1) is 0 Å². The van der Waals surface area contributed by atoms with Crippen molar-refractivity contribution >= 4 is 0 Å². The Hall–Kier alpha value is -1.30. The van der Waals surface area contributed by atoms with Gasteiger partial charge in [-0.25, -0.2) is 0 Å². The van der Waals surface area contributed by atoms with Gasteiger partial charge in [-0.05, 0) is 31.9 Å². The van der Waals surface area contributed by atoms with Crippen molar-refractivity contribution in [3.63, 3.8) is 0 Å². The average molecular weight is 234 g/mol. The number of allylic oxidation sites excluding steroid dienone is 8. The second-order valence-corrected chi connectivity index (χ2v) is 2.93. The van der Waals surface area contributed by atoms with Crippen LogP contribution < -0.4 is 0 Å². The molecule has 0 aliphatic carbocycles. The second-order valence-electron chi connectivity index (χ2n) is 2.93. The van der Waals surface area contributed by atoms with Crippen LogP contribution in [0.25, 0.3) is 0 Å². The molecular weight excluding hydrogens is 204 g/mol. The first-order valence-corrected chi connectivity index (χ1v) is 6.42. The smallest absolute Gasteiger partial charge is 0.0231 e. The summed E-state index contributed by atoms with van der Waals surface area (Å²) < 4.78 is 0. The molecule has 98 valence electrons. The van der Waals surface area contributed by atoms with Crippen LogP contribution >= 0.6 is 0 Å². The number of rotatable bonds is 4. The molecule has 0 unspecified atom stereocenters. The molecule has 0 aromatic carbocycles. The van der Waals surface area contributed by atoms with Crippen LogP contribution in [-0.4, -0.2) is 0 Å². The van der Waals surface area contributed by atoms with Crippen LogP contribution in [0.5, 0.6) is 0 Å². The van der Waals surface area contributed by atoms with Gasteiger partial charge in [0.2, 0.25) is 0 Å². The highest BCUT2D eigenvalue weighted by molar-refractivity contribution is 5.41. The van der Waals surface area contributed by atoms with Gasteiger partial charge in [-0.2, -0.15) is 0 Å². The Balaban J connectivity index is -0.000000439. The molecule has 0 aromatic rings. The third-order valence-electron chi connectivity index (χ3n) is 1.80. The zero-order valence-electron chi connectivity index (χ0n) is 12.8. The summed E-state index contributed by atoms with van der Waals surface area (Å²) in [5.41, 5.74) is 3.52. The molecule has 0 radical (unpaired) electrons. The van der Waals surface area contributed by atoms with E-state index >= 15 is 0 Å². The van der Waals surface area contributed by atoms with E-state index in [9.17, 15) is 0 Å². The van der Waals surface area contributed by atoms with Crippen LogP contribution in [0, 0.1) is 0 Å². The molecule has 0 rings (SSSR count). The quantitative estimate of drug-likeness (QED) is 0.504. The van der Waals surface area contributed by atoms with Gasteiger partial charge in [0, 0.05) is 0 Å². The lowest BCUT2D eigenvalue weighted by molar-refractivity contribution is 1.41. The van der Waals surface area contributed by atoms with Crippen LogP contribution in [0.3, 0.4) is 0 Å². The molecular formula is C17H30. The van der Waals surface area contributed by atoms with E-state index in [0.717, 1.165) is 11.1 Å². The highest BCUT2D eigenvalue weighted by atomic mass is 14.0. The third kappa shape index (κ3) is 12.6. The molecule has 0 amide bonds. The topological polar surface area (TPSA) is 0 Å². The lowest BCUT2D eigenvalue weighted by Crippen LogP contribution is -1.79. The Labute approximate surface area is 109 Å². The fourth-order valence-corrected chi connectivity index (χ4v) is 0.984. The Morgan fingerprint density at radius 1 is 0.882 bits per heavy atom. The van der Waals surface area contributed by atoms with E-state index in [1.54, 1.807) is 0 Å². The normalized spacial score (nSPS) is 11.6. The average Bonchev–Trinajstić information content (AvgIpc) is 2.40. The summed E-state index contributed by atoms with van der Waals surface area (Å²) in [6, 6.07) is 0. The first-order valence-electron chi connectivity index (χ1n) is 6.42. The molecule has 0 aliphatic rings. The van der Waals surface area contributed by atoms with E-state index in [1.165, 1.54) is 5.57 Å². The summed E-state index contributed by atoms with van der Waals surface area (Å²) in [4.78, 5) is 0. The summed E-state index contributed by atoms with van der Waals surface area (Å²) >= 11 is 0. The number of hydrogen-bond acceptors (Lipinski definition) is 0. The molecule has 0 N–H and O–H groups in total. The summed E-state index contributed by atoms with van der Waals surface area (Å²) in [7, 11) is 0. The summed E-state index contributed by atoms with van der Waals surface area (Å²) in [5, 5.41) is 0. The molecule has 0 aliphatic heterocycles. The maximum atomic E-state index is 3.78. The third-order valence-corrected chi connectivity index (χ3v) is 1.80. The van der Waals surface area contributed by atoms with Gasteiger partial charge >= 0.3 is 0 Å². The van der Waals surface area contributed by atoms with Crippen molar-refractivity contribution in [2.24, 2.45) is 0 Å². The first-order chi connectivity index (χ1) is 8.15. The van der Waals surface area contributed by atoms with Crippen molar-refractivity contribution in [1.29, 1.82) is 0 Å². The van der Waals surface area contributed by atoms with E-state index in [-0.39, 0.29) is 0 Å². The van der Waals surface area contributed by atoms with E-state index in [2.05, 4.69) is 32.2 Å². The second kappa shape index (κ2) is 17.1. The SMILES string of the molecule is C=C\C(C)=C/C(C=C)=C(C)/C=C\C.CC.CC. The fourth-order valence-electron chi connectivity index (χ4n) is 0.984. The molecule has 0 bridgehead atoms. The van der Waals surface area contributed by atoms with E-state index in [1.807, 2.05) is 59.8 Å². The minimum Gasteiger partial charge on any atom is -0.0988 e. The largest absolute Gasteiger partial charge is 0.0988 e. The van der Waals surface area contributed by atoms with Gasteiger partial charge in [0.25, 0.3) is 0 Å². The van der Waals surface area contributed by atoms with Crippen molar-refractivity contribution in [3.8, 4) is 0 Å². The van der Waals surface area contributed by atoms with E-state index < -0.39 is 0 Å². The predicted molar refractivity (Wildman–Crippen MR) is 84.4 cm³/mol. The summed E-state index contributed by atoms with van der Waals surface area (Å²) in [5.74, 6) is 0. The van der Waals surface area contributed by atoms with E-state index in [0.29, 0.717) is 0 Å². The Bertz CT molecular complexity index is 272. The van der Waals surface area contributed by atoms with Crippen LogP contribution in [0.4, 0.5) is 0 Å². The van der Waals surface area contributed by atoms with Crippen molar-refractivity contribution in [1.82, 2.24) is 0 Å². The van der Waals surface area contributed by atoms with E-state index in [4.69, 9.17) is 0 Å². The van der Waals surface area contributed by atoms with Crippen LogP contribution in [0.15, 0.2) is 60.3 Å². The lowest BCUT2D eigenvalue weighted by Gasteiger charge is -1.99. The van der Waals surface area contributed by atoms with Gasteiger partial charge < -0.3 is 0 Å². The molecule has 0 fully saturated rings. The van der Waals surface area contributed by atoms with Gasteiger partial charge in [-0.1, -0.05) is 76.8 Å². The Morgan fingerprint density at radius 3 is 1.65 bits per heavy atom. The molecule has 0 saturated heterocycles. The molecule has 0 saturated carbocycles.